The lowest BCUT2D eigenvalue weighted by Crippen LogP contribution is -1.99. The maximum atomic E-state index is 13.6. The lowest BCUT2D eigenvalue weighted by molar-refractivity contribution is -0.137. The third-order valence-electron chi connectivity index (χ3n) is 2.49. The predicted octanol–water partition coefficient (Wildman–Crippen LogP) is 3.09. The minimum atomic E-state index is -0.691. The average molecular weight is 263 g/mol. The van der Waals surface area contributed by atoms with E-state index < -0.39 is 17.6 Å². The Bertz CT molecular complexity index is 653. The molecule has 0 atom stereocenters. The van der Waals surface area contributed by atoms with Gasteiger partial charge in [-0.05, 0) is 25.1 Å². The van der Waals surface area contributed by atoms with Crippen LogP contribution in [-0.2, 0) is 9.53 Å². The average Bonchev–Trinajstić information content (AvgIpc) is 2.36. The van der Waals surface area contributed by atoms with Gasteiger partial charge in [-0.25, -0.2) is 13.6 Å². The van der Waals surface area contributed by atoms with E-state index in [-0.39, 0.29) is 12.0 Å². The number of carbonyl (C=O) groups is 1. The van der Waals surface area contributed by atoms with Crippen LogP contribution in [0.4, 0.5) is 8.78 Å². The first-order chi connectivity index (χ1) is 9.11. The maximum Gasteiger partial charge on any atom is 0.330 e. The van der Waals surface area contributed by atoms with E-state index in [1.54, 1.807) is 6.92 Å². The van der Waals surface area contributed by atoms with E-state index >= 15 is 0 Å². The highest BCUT2D eigenvalue weighted by molar-refractivity contribution is 5.93. The van der Waals surface area contributed by atoms with E-state index in [1.807, 2.05) is 0 Å². The van der Waals surface area contributed by atoms with Gasteiger partial charge >= 0.3 is 5.97 Å². The summed E-state index contributed by atoms with van der Waals surface area (Å²) in [4.78, 5) is 15.2. The molecule has 0 fully saturated rings. The highest BCUT2D eigenvalue weighted by Crippen LogP contribution is 2.22. The molecule has 1 aromatic heterocycles. The Labute approximate surface area is 108 Å². The molecule has 0 aliphatic carbocycles. The summed E-state index contributed by atoms with van der Waals surface area (Å²) in [5, 5.41) is 0.556. The number of nitrogens with zero attached hydrogens (tertiary/aromatic N) is 1. The van der Waals surface area contributed by atoms with Gasteiger partial charge < -0.3 is 4.74 Å². The van der Waals surface area contributed by atoms with Gasteiger partial charge in [0, 0.05) is 29.1 Å². The Morgan fingerprint density at radius 3 is 2.89 bits per heavy atom. The molecular formula is C14H11F2NO2. The Kier molecular flexibility index (Phi) is 3.85. The molecule has 5 heteroatoms. The zero-order valence-electron chi connectivity index (χ0n) is 10.2. The van der Waals surface area contributed by atoms with Crippen LogP contribution in [-0.4, -0.2) is 17.6 Å². The summed E-state index contributed by atoms with van der Waals surface area (Å²) in [7, 11) is 0. The van der Waals surface area contributed by atoms with E-state index in [2.05, 4.69) is 4.98 Å². The van der Waals surface area contributed by atoms with E-state index in [9.17, 15) is 13.6 Å². The van der Waals surface area contributed by atoms with Gasteiger partial charge in [-0.3, -0.25) is 4.98 Å². The minimum Gasteiger partial charge on any atom is -0.463 e. The van der Waals surface area contributed by atoms with Crippen LogP contribution in [0.1, 0.15) is 12.6 Å². The van der Waals surface area contributed by atoms with Crippen molar-refractivity contribution in [2.75, 3.05) is 6.61 Å². The Hall–Kier alpha value is -2.30. The minimum absolute atomic E-state index is 0.250. The first-order valence-electron chi connectivity index (χ1n) is 5.70. The molecule has 0 bridgehead atoms. The van der Waals surface area contributed by atoms with Gasteiger partial charge in [0.15, 0.2) is 0 Å². The quantitative estimate of drug-likeness (QED) is 0.631. The summed E-state index contributed by atoms with van der Waals surface area (Å²) >= 11 is 0. The molecule has 98 valence electrons. The number of rotatable bonds is 3. The van der Waals surface area contributed by atoms with Crippen molar-refractivity contribution in [2.24, 2.45) is 0 Å². The fourth-order valence-corrected chi connectivity index (χ4v) is 1.70. The molecule has 0 radical (unpaired) electrons. The lowest BCUT2D eigenvalue weighted by atomic mass is 10.1. The Balaban J connectivity index is 2.46. The van der Waals surface area contributed by atoms with Gasteiger partial charge in [0.05, 0.1) is 12.3 Å². The Morgan fingerprint density at radius 1 is 1.37 bits per heavy atom. The van der Waals surface area contributed by atoms with Crippen LogP contribution in [0.2, 0.25) is 0 Å². The molecule has 0 saturated carbocycles. The topological polar surface area (TPSA) is 39.2 Å². The van der Waals surface area contributed by atoms with Crippen LogP contribution in [0.5, 0.6) is 0 Å². The van der Waals surface area contributed by atoms with Gasteiger partial charge in [-0.15, -0.1) is 0 Å². The molecule has 0 saturated heterocycles. The fourth-order valence-electron chi connectivity index (χ4n) is 1.70. The molecule has 0 spiro atoms. The number of carbonyl (C=O) groups excluding carboxylic acids is 1. The summed E-state index contributed by atoms with van der Waals surface area (Å²) in [6.45, 7) is 1.95. The van der Waals surface area contributed by atoms with Crippen molar-refractivity contribution in [1.82, 2.24) is 4.98 Å². The van der Waals surface area contributed by atoms with Gasteiger partial charge in [-0.1, -0.05) is 0 Å². The molecule has 19 heavy (non-hydrogen) atoms. The van der Waals surface area contributed by atoms with Crippen molar-refractivity contribution in [3.8, 4) is 0 Å². The van der Waals surface area contributed by atoms with Crippen LogP contribution in [0.3, 0.4) is 0 Å². The number of benzene rings is 1. The van der Waals surface area contributed by atoms with Gasteiger partial charge in [0.25, 0.3) is 0 Å². The highest BCUT2D eigenvalue weighted by atomic mass is 19.1. The number of aromatic nitrogens is 1. The van der Waals surface area contributed by atoms with E-state index in [0.717, 1.165) is 6.07 Å². The fraction of sp³-hybridized carbons (Fsp3) is 0.143. The van der Waals surface area contributed by atoms with Crippen LogP contribution in [0.15, 0.2) is 30.5 Å². The molecule has 2 rings (SSSR count). The second kappa shape index (κ2) is 5.56. The zero-order valence-corrected chi connectivity index (χ0v) is 10.2. The number of pyridine rings is 1. The second-order valence-corrected chi connectivity index (χ2v) is 3.76. The van der Waals surface area contributed by atoms with Crippen molar-refractivity contribution < 1.29 is 18.3 Å². The number of fused-ring (bicyclic) bond motifs is 1. The monoisotopic (exact) mass is 263 g/mol. The number of ether oxygens (including phenoxy) is 1. The molecule has 0 aliphatic rings. The van der Waals surface area contributed by atoms with Crippen LogP contribution >= 0.6 is 0 Å². The lowest BCUT2D eigenvalue weighted by Gasteiger charge is -2.03. The van der Waals surface area contributed by atoms with Crippen molar-refractivity contribution in [3.63, 3.8) is 0 Å². The van der Waals surface area contributed by atoms with Crippen LogP contribution < -0.4 is 0 Å². The molecule has 1 aromatic carbocycles. The van der Waals surface area contributed by atoms with Crippen molar-refractivity contribution in [2.45, 2.75) is 6.92 Å². The molecule has 0 N–H and O–H groups in total. The third-order valence-corrected chi connectivity index (χ3v) is 2.49. The first kappa shape index (κ1) is 13.1. The SMILES string of the molecule is CCOC(=O)/C=C/c1nccc2c(F)cc(F)cc12. The third kappa shape index (κ3) is 2.93. The van der Waals surface area contributed by atoms with E-state index in [1.165, 1.54) is 30.5 Å². The highest BCUT2D eigenvalue weighted by Gasteiger charge is 2.07. The number of hydrogen-bond donors (Lipinski definition) is 0. The molecule has 3 nitrogen and oxygen atoms in total. The van der Waals surface area contributed by atoms with Gasteiger partial charge in [-0.2, -0.15) is 0 Å². The Morgan fingerprint density at radius 2 is 2.16 bits per heavy atom. The zero-order chi connectivity index (χ0) is 13.8. The first-order valence-corrected chi connectivity index (χ1v) is 5.70. The van der Waals surface area contributed by atoms with Crippen LogP contribution in [0, 0.1) is 11.6 Å². The molecular weight excluding hydrogens is 252 g/mol. The van der Waals surface area contributed by atoms with Crippen molar-refractivity contribution in [3.05, 3.63) is 47.8 Å². The number of hydrogen-bond acceptors (Lipinski definition) is 3. The van der Waals surface area contributed by atoms with Gasteiger partial charge in [0.1, 0.15) is 11.6 Å². The number of esters is 1. The summed E-state index contributed by atoms with van der Waals surface area (Å²) < 4.78 is 31.5. The summed E-state index contributed by atoms with van der Waals surface area (Å²) in [6.07, 6.45) is 3.95. The normalized spacial score (nSPS) is 11.1. The van der Waals surface area contributed by atoms with Crippen molar-refractivity contribution in [1.29, 1.82) is 0 Å². The molecule has 0 aliphatic heterocycles. The van der Waals surface area contributed by atoms with Crippen molar-refractivity contribution >= 4 is 22.8 Å². The summed E-state index contributed by atoms with van der Waals surface area (Å²) in [6, 6.07) is 3.43. The van der Waals surface area contributed by atoms with E-state index in [4.69, 9.17) is 4.74 Å². The van der Waals surface area contributed by atoms with Gasteiger partial charge in [0.2, 0.25) is 0 Å². The molecule has 0 unspecified atom stereocenters. The largest absolute Gasteiger partial charge is 0.463 e. The molecule has 2 aromatic rings. The van der Waals surface area contributed by atoms with Crippen LogP contribution in [0.25, 0.3) is 16.8 Å². The molecule has 0 amide bonds. The standard InChI is InChI=1S/C14H11F2NO2/c1-2-19-14(18)4-3-13-11-7-9(15)8-12(16)10(11)5-6-17-13/h3-8H,2H2,1H3/b4-3+. The smallest absolute Gasteiger partial charge is 0.330 e. The van der Waals surface area contributed by atoms with E-state index in [0.29, 0.717) is 11.1 Å². The maximum absolute atomic E-state index is 13.6. The number of halogens is 2. The summed E-state index contributed by atoms with van der Waals surface area (Å²) in [5.41, 5.74) is 0.309. The predicted molar refractivity (Wildman–Crippen MR) is 67.3 cm³/mol. The summed E-state index contributed by atoms with van der Waals surface area (Å²) in [5.74, 6) is -1.88. The molecule has 1 heterocycles. The second-order valence-electron chi connectivity index (χ2n) is 3.76.